The molecule has 20 heavy (non-hydrogen) atoms. The molecule has 2 atom stereocenters. The van der Waals surface area contributed by atoms with E-state index < -0.39 is 23.7 Å². The van der Waals surface area contributed by atoms with E-state index in [1.54, 1.807) is 6.07 Å². The Hall–Kier alpha value is -2.11. The molecule has 2 unspecified atom stereocenters. The number of hydrogen-bond acceptors (Lipinski definition) is 2. The summed E-state index contributed by atoms with van der Waals surface area (Å²) in [5.41, 5.74) is 0.103. The van der Waals surface area contributed by atoms with Gasteiger partial charge in [0, 0.05) is 6.54 Å². The number of halogens is 1. The second kappa shape index (κ2) is 6.36. The van der Waals surface area contributed by atoms with Crippen LogP contribution in [0.4, 0.5) is 14.9 Å². The summed E-state index contributed by atoms with van der Waals surface area (Å²) >= 11 is 0. The molecule has 0 aliphatic heterocycles. The largest absolute Gasteiger partial charge is 0.481 e. The van der Waals surface area contributed by atoms with Crippen molar-refractivity contribution in [2.75, 3.05) is 11.9 Å². The van der Waals surface area contributed by atoms with E-state index in [1.165, 1.54) is 18.2 Å². The summed E-state index contributed by atoms with van der Waals surface area (Å²) < 4.78 is 13.3. The average molecular weight is 280 g/mol. The number of carboxylic acids is 1. The predicted molar refractivity (Wildman–Crippen MR) is 71.9 cm³/mol. The van der Waals surface area contributed by atoms with E-state index in [2.05, 4.69) is 10.6 Å². The van der Waals surface area contributed by atoms with Crippen LogP contribution in [0.15, 0.2) is 24.3 Å². The second-order valence-corrected chi connectivity index (χ2v) is 4.95. The summed E-state index contributed by atoms with van der Waals surface area (Å²) in [4.78, 5) is 22.7. The van der Waals surface area contributed by atoms with E-state index >= 15 is 0 Å². The van der Waals surface area contributed by atoms with Gasteiger partial charge in [0.15, 0.2) is 0 Å². The van der Waals surface area contributed by atoms with Crippen molar-refractivity contribution in [3.63, 3.8) is 0 Å². The topological polar surface area (TPSA) is 78.4 Å². The third-order valence-corrected chi connectivity index (χ3v) is 3.62. The van der Waals surface area contributed by atoms with Gasteiger partial charge in [0.25, 0.3) is 0 Å². The fourth-order valence-electron chi connectivity index (χ4n) is 2.56. The lowest BCUT2D eigenvalue weighted by Crippen LogP contribution is -2.35. The summed E-state index contributed by atoms with van der Waals surface area (Å²) in [6.07, 6.45) is 2.30. The van der Waals surface area contributed by atoms with Crippen molar-refractivity contribution in [3.05, 3.63) is 30.1 Å². The zero-order valence-corrected chi connectivity index (χ0v) is 10.9. The zero-order valence-electron chi connectivity index (χ0n) is 10.9. The number of benzene rings is 1. The highest BCUT2D eigenvalue weighted by molar-refractivity contribution is 5.89. The number of urea groups is 1. The van der Waals surface area contributed by atoms with Crippen LogP contribution in [0.25, 0.3) is 0 Å². The lowest BCUT2D eigenvalue weighted by atomic mass is 9.96. The number of rotatable bonds is 4. The molecule has 1 aliphatic carbocycles. The molecular formula is C14H17FN2O3. The molecule has 1 aliphatic rings. The Labute approximate surface area is 116 Å². The average Bonchev–Trinajstić information content (AvgIpc) is 2.88. The standard InChI is InChI=1S/C14H17FN2O3/c15-11-6-1-2-7-12(11)17-14(20)16-8-9-4-3-5-10(9)13(18)19/h1-2,6-7,9-10H,3-5,8H2,(H,18,19)(H2,16,17,20). The van der Waals surface area contributed by atoms with E-state index in [9.17, 15) is 14.0 Å². The summed E-state index contributed by atoms with van der Waals surface area (Å²) in [6, 6.07) is 5.35. The zero-order chi connectivity index (χ0) is 14.5. The van der Waals surface area contributed by atoms with E-state index in [-0.39, 0.29) is 18.2 Å². The number of anilines is 1. The molecule has 1 saturated carbocycles. The highest BCUT2D eigenvalue weighted by Gasteiger charge is 2.32. The predicted octanol–water partition coefficient (Wildman–Crippen LogP) is 2.45. The van der Waals surface area contributed by atoms with Gasteiger partial charge >= 0.3 is 12.0 Å². The first-order valence-electron chi connectivity index (χ1n) is 6.60. The van der Waals surface area contributed by atoms with Crippen molar-refractivity contribution in [1.82, 2.24) is 5.32 Å². The van der Waals surface area contributed by atoms with Gasteiger partial charge in [0.2, 0.25) is 0 Å². The third kappa shape index (κ3) is 3.46. The minimum Gasteiger partial charge on any atom is -0.481 e. The molecular weight excluding hydrogens is 263 g/mol. The molecule has 1 aromatic rings. The molecule has 0 aromatic heterocycles. The second-order valence-electron chi connectivity index (χ2n) is 4.95. The van der Waals surface area contributed by atoms with Crippen molar-refractivity contribution in [2.45, 2.75) is 19.3 Å². The van der Waals surface area contributed by atoms with Gasteiger partial charge in [-0.25, -0.2) is 9.18 Å². The van der Waals surface area contributed by atoms with Crippen molar-refractivity contribution in [2.24, 2.45) is 11.8 Å². The van der Waals surface area contributed by atoms with Crippen LogP contribution >= 0.6 is 0 Å². The van der Waals surface area contributed by atoms with Gasteiger partial charge in [0.05, 0.1) is 11.6 Å². The van der Waals surface area contributed by atoms with Crippen LogP contribution in [0, 0.1) is 17.7 Å². The number of amides is 2. The molecule has 108 valence electrons. The third-order valence-electron chi connectivity index (χ3n) is 3.62. The fraction of sp³-hybridized carbons (Fsp3) is 0.429. The van der Waals surface area contributed by atoms with E-state index in [0.717, 1.165) is 12.8 Å². The number of hydrogen-bond donors (Lipinski definition) is 3. The molecule has 1 fully saturated rings. The molecule has 2 rings (SSSR count). The maximum Gasteiger partial charge on any atom is 0.319 e. The van der Waals surface area contributed by atoms with Gasteiger partial charge in [-0.3, -0.25) is 4.79 Å². The van der Waals surface area contributed by atoms with Gasteiger partial charge in [0.1, 0.15) is 5.82 Å². The first-order valence-corrected chi connectivity index (χ1v) is 6.60. The molecule has 6 heteroatoms. The first kappa shape index (κ1) is 14.3. The van der Waals surface area contributed by atoms with Crippen LogP contribution in [-0.4, -0.2) is 23.7 Å². The van der Waals surface area contributed by atoms with E-state index in [1.807, 2.05) is 0 Å². The lowest BCUT2D eigenvalue weighted by Gasteiger charge is -2.16. The summed E-state index contributed by atoms with van der Waals surface area (Å²) in [6.45, 7) is 0.289. The monoisotopic (exact) mass is 280 g/mol. The van der Waals surface area contributed by atoms with Crippen LogP contribution in [0.2, 0.25) is 0 Å². The van der Waals surface area contributed by atoms with Crippen LogP contribution in [-0.2, 0) is 4.79 Å². The molecule has 5 nitrogen and oxygen atoms in total. The van der Waals surface area contributed by atoms with Crippen molar-refractivity contribution in [3.8, 4) is 0 Å². The Morgan fingerprint density at radius 3 is 2.75 bits per heavy atom. The minimum absolute atomic E-state index is 0.0566. The summed E-state index contributed by atoms with van der Waals surface area (Å²) in [7, 11) is 0. The number of nitrogens with one attached hydrogen (secondary N) is 2. The van der Waals surface area contributed by atoms with E-state index in [0.29, 0.717) is 6.42 Å². The fourth-order valence-corrected chi connectivity index (χ4v) is 2.56. The normalized spacial score (nSPS) is 21.4. The van der Waals surface area contributed by atoms with Crippen molar-refractivity contribution >= 4 is 17.7 Å². The first-order chi connectivity index (χ1) is 9.58. The molecule has 0 bridgehead atoms. The lowest BCUT2D eigenvalue weighted by molar-refractivity contribution is -0.142. The molecule has 3 N–H and O–H groups in total. The van der Waals surface area contributed by atoms with Crippen LogP contribution in [0.5, 0.6) is 0 Å². The van der Waals surface area contributed by atoms with Crippen LogP contribution in [0.3, 0.4) is 0 Å². The van der Waals surface area contributed by atoms with Crippen molar-refractivity contribution < 1.29 is 19.1 Å². The summed E-state index contributed by atoms with van der Waals surface area (Å²) in [5.74, 6) is -1.78. The maximum absolute atomic E-state index is 13.3. The molecule has 1 aromatic carbocycles. The Morgan fingerprint density at radius 2 is 2.05 bits per heavy atom. The van der Waals surface area contributed by atoms with Gasteiger partial charge in [-0.05, 0) is 30.9 Å². The number of carbonyl (C=O) groups is 2. The van der Waals surface area contributed by atoms with Crippen molar-refractivity contribution in [1.29, 1.82) is 0 Å². The van der Waals surface area contributed by atoms with Gasteiger partial charge in [-0.1, -0.05) is 18.6 Å². The highest BCUT2D eigenvalue weighted by atomic mass is 19.1. The van der Waals surface area contributed by atoms with E-state index in [4.69, 9.17) is 5.11 Å². The Bertz CT molecular complexity index is 507. The smallest absolute Gasteiger partial charge is 0.319 e. The summed E-state index contributed by atoms with van der Waals surface area (Å²) in [5, 5.41) is 14.1. The van der Waals surface area contributed by atoms with Gasteiger partial charge in [-0.15, -0.1) is 0 Å². The molecule has 0 spiro atoms. The maximum atomic E-state index is 13.3. The molecule has 2 amide bonds. The molecule has 0 saturated heterocycles. The van der Waals surface area contributed by atoms with Gasteiger partial charge < -0.3 is 15.7 Å². The number of para-hydroxylation sites is 1. The number of carbonyl (C=O) groups excluding carboxylic acids is 1. The Balaban J connectivity index is 1.84. The minimum atomic E-state index is -0.816. The molecule has 0 radical (unpaired) electrons. The Morgan fingerprint density at radius 1 is 1.30 bits per heavy atom. The number of carboxylic acid groups (broad SMARTS) is 1. The molecule has 0 heterocycles. The highest BCUT2D eigenvalue weighted by Crippen LogP contribution is 2.31. The SMILES string of the molecule is O=C(NCC1CCCC1C(=O)O)Nc1ccccc1F. The van der Waals surface area contributed by atoms with Crippen LogP contribution < -0.4 is 10.6 Å². The quantitative estimate of drug-likeness (QED) is 0.792. The van der Waals surface area contributed by atoms with Crippen LogP contribution in [0.1, 0.15) is 19.3 Å². The Kier molecular flexibility index (Phi) is 4.55. The van der Waals surface area contributed by atoms with Gasteiger partial charge in [-0.2, -0.15) is 0 Å². The number of aliphatic carboxylic acids is 1.